The van der Waals surface area contributed by atoms with Gasteiger partial charge < -0.3 is 10.5 Å². The highest BCUT2D eigenvalue weighted by molar-refractivity contribution is 5.32. The van der Waals surface area contributed by atoms with Crippen LogP contribution in [-0.2, 0) is 0 Å². The number of unbranched alkanes of at least 4 members (excludes halogenated alkanes) is 1. The van der Waals surface area contributed by atoms with Crippen LogP contribution in [0, 0.1) is 17.6 Å². The van der Waals surface area contributed by atoms with Crippen LogP contribution in [0.15, 0.2) is 12.1 Å². The van der Waals surface area contributed by atoms with Crippen LogP contribution in [0.5, 0.6) is 5.75 Å². The third kappa shape index (κ3) is 3.90. The van der Waals surface area contributed by atoms with Crippen molar-refractivity contribution in [2.45, 2.75) is 45.6 Å². The molecule has 4 heteroatoms. The smallest absolute Gasteiger partial charge is 0.134 e. The maximum absolute atomic E-state index is 14.0. The molecule has 0 radical (unpaired) electrons. The molecule has 0 aromatic heterocycles. The molecule has 0 saturated heterocycles. The highest BCUT2D eigenvalue weighted by atomic mass is 19.1. The lowest BCUT2D eigenvalue weighted by molar-refractivity contribution is 0.354. The Morgan fingerprint density at radius 1 is 1.21 bits per heavy atom. The molecule has 2 N–H and O–H groups in total. The number of methoxy groups -OCH3 is 1. The summed E-state index contributed by atoms with van der Waals surface area (Å²) in [5, 5.41) is 0. The fourth-order valence-corrected chi connectivity index (χ4v) is 2.34. The van der Waals surface area contributed by atoms with Crippen molar-refractivity contribution in [2.24, 2.45) is 11.7 Å². The van der Waals surface area contributed by atoms with Crippen LogP contribution in [0.25, 0.3) is 0 Å². The van der Waals surface area contributed by atoms with Crippen molar-refractivity contribution in [3.05, 3.63) is 29.3 Å². The average Bonchev–Trinajstić information content (AvgIpc) is 2.38. The maximum atomic E-state index is 14.0. The molecule has 1 rings (SSSR count). The van der Waals surface area contributed by atoms with Gasteiger partial charge in [0.15, 0.2) is 0 Å². The number of benzene rings is 1. The number of rotatable bonds is 7. The van der Waals surface area contributed by atoms with Crippen molar-refractivity contribution >= 4 is 0 Å². The van der Waals surface area contributed by atoms with Gasteiger partial charge in [0, 0.05) is 23.7 Å². The van der Waals surface area contributed by atoms with E-state index in [9.17, 15) is 8.78 Å². The number of ether oxygens (including phenoxy) is 1. The molecule has 2 unspecified atom stereocenters. The summed E-state index contributed by atoms with van der Waals surface area (Å²) in [5.74, 6) is -0.983. The Labute approximate surface area is 114 Å². The predicted octanol–water partition coefficient (Wildman–Crippen LogP) is 4.19. The quantitative estimate of drug-likeness (QED) is 0.807. The van der Waals surface area contributed by atoms with E-state index >= 15 is 0 Å². The topological polar surface area (TPSA) is 35.2 Å². The van der Waals surface area contributed by atoms with Gasteiger partial charge in [-0.1, -0.05) is 33.1 Å². The lowest BCUT2D eigenvalue weighted by Crippen LogP contribution is -2.23. The van der Waals surface area contributed by atoms with Crippen molar-refractivity contribution in [3.8, 4) is 5.75 Å². The number of hydrogen-bond donors (Lipinski definition) is 1. The minimum absolute atomic E-state index is 0.0243. The van der Waals surface area contributed by atoms with Crippen LogP contribution < -0.4 is 10.5 Å². The highest BCUT2D eigenvalue weighted by Gasteiger charge is 2.24. The van der Waals surface area contributed by atoms with Crippen LogP contribution in [0.3, 0.4) is 0 Å². The normalized spacial score (nSPS) is 14.2. The number of nitrogens with two attached hydrogens (primary N) is 1. The van der Waals surface area contributed by atoms with Gasteiger partial charge in [-0.05, 0) is 12.3 Å². The van der Waals surface area contributed by atoms with E-state index in [0.717, 1.165) is 25.7 Å². The van der Waals surface area contributed by atoms with Crippen LogP contribution in [0.4, 0.5) is 8.78 Å². The van der Waals surface area contributed by atoms with Gasteiger partial charge in [-0.25, -0.2) is 8.78 Å². The number of hydrogen-bond acceptors (Lipinski definition) is 2. The largest absolute Gasteiger partial charge is 0.497 e. The zero-order valence-corrected chi connectivity index (χ0v) is 11.9. The molecule has 0 bridgehead atoms. The van der Waals surface area contributed by atoms with E-state index in [0.29, 0.717) is 0 Å². The molecule has 0 aliphatic heterocycles. The van der Waals surface area contributed by atoms with E-state index < -0.39 is 17.7 Å². The first-order valence-corrected chi connectivity index (χ1v) is 6.83. The van der Waals surface area contributed by atoms with Crippen LogP contribution in [-0.4, -0.2) is 7.11 Å². The van der Waals surface area contributed by atoms with Gasteiger partial charge in [0.25, 0.3) is 0 Å². The second kappa shape index (κ2) is 7.43. The molecule has 1 aromatic rings. The molecule has 0 saturated carbocycles. The Hall–Kier alpha value is -1.16. The van der Waals surface area contributed by atoms with Gasteiger partial charge in [-0.2, -0.15) is 0 Å². The Morgan fingerprint density at radius 3 is 2.21 bits per heavy atom. The van der Waals surface area contributed by atoms with Crippen molar-refractivity contribution in [1.82, 2.24) is 0 Å². The highest BCUT2D eigenvalue weighted by Crippen LogP contribution is 2.32. The molecule has 0 heterocycles. The van der Waals surface area contributed by atoms with Gasteiger partial charge in [-0.15, -0.1) is 0 Å². The zero-order chi connectivity index (χ0) is 14.4. The molecule has 0 spiro atoms. The van der Waals surface area contributed by atoms with E-state index in [1.165, 1.54) is 19.2 Å². The second-order valence-corrected chi connectivity index (χ2v) is 4.84. The van der Waals surface area contributed by atoms with Crippen molar-refractivity contribution < 1.29 is 13.5 Å². The van der Waals surface area contributed by atoms with E-state index in [1.54, 1.807) is 0 Å². The van der Waals surface area contributed by atoms with Crippen LogP contribution in [0.2, 0.25) is 0 Å². The van der Waals surface area contributed by atoms with E-state index in [4.69, 9.17) is 10.5 Å². The minimum atomic E-state index is -0.626. The summed E-state index contributed by atoms with van der Waals surface area (Å²) in [4.78, 5) is 0. The summed E-state index contributed by atoms with van der Waals surface area (Å²) in [5.41, 5.74) is 6.04. The first-order valence-electron chi connectivity index (χ1n) is 6.83. The molecule has 0 aliphatic rings. The lowest BCUT2D eigenvalue weighted by Gasteiger charge is -2.24. The zero-order valence-electron chi connectivity index (χ0n) is 11.9. The first kappa shape index (κ1) is 15.9. The third-order valence-corrected chi connectivity index (χ3v) is 3.58. The van der Waals surface area contributed by atoms with Crippen molar-refractivity contribution in [3.63, 3.8) is 0 Å². The predicted molar refractivity (Wildman–Crippen MR) is 73.1 cm³/mol. The van der Waals surface area contributed by atoms with Gasteiger partial charge >= 0.3 is 0 Å². The third-order valence-electron chi connectivity index (χ3n) is 3.58. The van der Waals surface area contributed by atoms with Crippen molar-refractivity contribution in [2.75, 3.05) is 7.11 Å². The molecular weight excluding hydrogens is 248 g/mol. The van der Waals surface area contributed by atoms with Gasteiger partial charge in [0.2, 0.25) is 0 Å². The molecule has 108 valence electrons. The van der Waals surface area contributed by atoms with E-state index in [1.807, 2.05) is 6.92 Å². The molecular formula is C15H23F2NO. The first-order chi connectivity index (χ1) is 9.04. The Balaban J connectivity index is 3.00. The molecule has 19 heavy (non-hydrogen) atoms. The Morgan fingerprint density at radius 2 is 1.79 bits per heavy atom. The molecule has 0 amide bonds. The fourth-order valence-electron chi connectivity index (χ4n) is 2.34. The second-order valence-electron chi connectivity index (χ2n) is 4.84. The van der Waals surface area contributed by atoms with Crippen LogP contribution >= 0.6 is 0 Å². The summed E-state index contributed by atoms with van der Waals surface area (Å²) < 4.78 is 32.8. The van der Waals surface area contributed by atoms with Crippen LogP contribution in [0.1, 0.15) is 51.1 Å². The SMILES string of the molecule is CCCCC(CC)C(N)c1c(F)cc(OC)cc1F. The summed E-state index contributed by atoms with van der Waals surface area (Å²) in [6, 6.07) is 1.76. The Bertz CT molecular complexity index is 386. The monoisotopic (exact) mass is 271 g/mol. The molecule has 0 fully saturated rings. The number of halogens is 2. The van der Waals surface area contributed by atoms with Gasteiger partial charge in [0.05, 0.1) is 7.11 Å². The van der Waals surface area contributed by atoms with Crippen molar-refractivity contribution in [1.29, 1.82) is 0 Å². The minimum Gasteiger partial charge on any atom is -0.497 e. The standard InChI is InChI=1S/C15H23F2NO/c1-4-6-7-10(5-2)15(18)14-12(16)8-11(19-3)9-13(14)17/h8-10,15H,4-7,18H2,1-3H3. The molecule has 2 atom stereocenters. The summed E-state index contributed by atoms with van der Waals surface area (Å²) in [6.45, 7) is 4.09. The summed E-state index contributed by atoms with van der Waals surface area (Å²) in [7, 11) is 1.38. The maximum Gasteiger partial charge on any atom is 0.134 e. The van der Waals surface area contributed by atoms with Gasteiger partial charge in [0.1, 0.15) is 17.4 Å². The Kier molecular flexibility index (Phi) is 6.22. The van der Waals surface area contributed by atoms with E-state index in [2.05, 4.69) is 6.92 Å². The average molecular weight is 271 g/mol. The van der Waals surface area contributed by atoms with E-state index in [-0.39, 0.29) is 17.2 Å². The molecule has 0 aliphatic carbocycles. The van der Waals surface area contributed by atoms with Gasteiger partial charge in [-0.3, -0.25) is 0 Å². The fraction of sp³-hybridized carbons (Fsp3) is 0.600. The molecule has 1 aromatic carbocycles. The lowest BCUT2D eigenvalue weighted by atomic mass is 9.87. The summed E-state index contributed by atoms with van der Waals surface area (Å²) in [6.07, 6.45) is 3.77. The molecule has 2 nitrogen and oxygen atoms in total. The summed E-state index contributed by atoms with van der Waals surface area (Å²) >= 11 is 0.